The summed E-state index contributed by atoms with van der Waals surface area (Å²) in [5.74, 6) is 0.452. The van der Waals surface area contributed by atoms with E-state index in [1.165, 1.54) is 89.7 Å². The van der Waals surface area contributed by atoms with Crippen LogP contribution in [0.1, 0.15) is 121 Å². The third-order valence-corrected chi connectivity index (χ3v) is 6.87. The number of rotatable bonds is 18. The molecule has 2 rings (SSSR count). The Hall–Kier alpha value is -2.30. The van der Waals surface area contributed by atoms with Gasteiger partial charge in [0, 0.05) is 11.3 Å². The van der Waals surface area contributed by atoms with Crippen LogP contribution in [0.4, 0.5) is 0 Å². The molecule has 0 amide bonds. The minimum Gasteiger partial charge on any atom is -0.493 e. The number of unbranched alkanes of at least 4 members (excludes halogenated alkanes) is 12. The maximum atomic E-state index is 12.6. The lowest BCUT2D eigenvalue weighted by atomic mass is 9.89. The molecule has 1 atom stereocenters. The smallest absolute Gasteiger partial charge is 0.338 e. The highest BCUT2D eigenvalue weighted by Gasteiger charge is 2.31. The van der Waals surface area contributed by atoms with Crippen LogP contribution in [0.25, 0.3) is 0 Å². The summed E-state index contributed by atoms with van der Waals surface area (Å²) < 4.78 is 11.1. The average Bonchev–Trinajstić information content (AvgIpc) is 2.86. The summed E-state index contributed by atoms with van der Waals surface area (Å²) in [6, 6.07) is 5.77. The van der Waals surface area contributed by atoms with Crippen molar-refractivity contribution in [2.45, 2.75) is 117 Å². The van der Waals surface area contributed by atoms with Crippen LogP contribution in [0.2, 0.25) is 0 Å². The number of carbonyl (C=O) groups excluding carboxylic acids is 1. The molecule has 1 aromatic rings. The molecule has 0 aliphatic carbocycles. The first-order valence-electron chi connectivity index (χ1n) is 14.0. The van der Waals surface area contributed by atoms with Gasteiger partial charge in [0.2, 0.25) is 0 Å². The third-order valence-electron chi connectivity index (χ3n) is 6.87. The SMILES string of the molecule is CCCCCCCCCCCCCCCc1cccc(OCC)c1C1N=CNC(C)=C1C(=O)OC. The summed E-state index contributed by atoms with van der Waals surface area (Å²) >= 11 is 0. The Bertz CT molecular complexity index is 816. The lowest BCUT2D eigenvalue weighted by Gasteiger charge is -2.26. The van der Waals surface area contributed by atoms with Crippen LogP contribution < -0.4 is 10.1 Å². The van der Waals surface area contributed by atoms with E-state index in [1.54, 1.807) is 6.34 Å². The van der Waals surface area contributed by atoms with Gasteiger partial charge in [-0.25, -0.2) is 4.79 Å². The van der Waals surface area contributed by atoms with Gasteiger partial charge in [-0.15, -0.1) is 0 Å². The number of carbonyl (C=O) groups is 1. The number of nitrogens with one attached hydrogen (secondary N) is 1. The number of aliphatic imine (C=N–C) groups is 1. The van der Waals surface area contributed by atoms with E-state index in [9.17, 15) is 4.79 Å². The quantitative estimate of drug-likeness (QED) is 0.170. The monoisotopic (exact) mass is 484 g/mol. The van der Waals surface area contributed by atoms with E-state index < -0.39 is 6.04 Å². The van der Waals surface area contributed by atoms with Crippen molar-refractivity contribution in [1.82, 2.24) is 5.32 Å². The Morgan fingerprint density at radius 2 is 1.51 bits per heavy atom. The van der Waals surface area contributed by atoms with E-state index >= 15 is 0 Å². The number of benzene rings is 1. The van der Waals surface area contributed by atoms with Crippen LogP contribution >= 0.6 is 0 Å². The van der Waals surface area contributed by atoms with E-state index in [1.807, 2.05) is 26.0 Å². The Balaban J connectivity index is 1.86. The summed E-state index contributed by atoms with van der Waals surface area (Å²) in [6.07, 6.45) is 20.1. The van der Waals surface area contributed by atoms with Gasteiger partial charge in [0.25, 0.3) is 0 Å². The van der Waals surface area contributed by atoms with Crippen LogP contribution in [-0.2, 0) is 16.0 Å². The number of hydrogen-bond donors (Lipinski definition) is 1. The molecule has 0 radical (unpaired) electrons. The minimum atomic E-state index is -0.413. The second-order valence-electron chi connectivity index (χ2n) is 9.61. The second-order valence-corrected chi connectivity index (χ2v) is 9.61. The lowest BCUT2D eigenvalue weighted by Crippen LogP contribution is -2.26. The molecule has 1 aliphatic heterocycles. The summed E-state index contributed by atoms with van der Waals surface area (Å²) in [7, 11) is 1.42. The van der Waals surface area contributed by atoms with Crippen molar-refractivity contribution in [2.75, 3.05) is 13.7 Å². The first-order valence-corrected chi connectivity index (χ1v) is 14.0. The Morgan fingerprint density at radius 3 is 2.09 bits per heavy atom. The third kappa shape index (κ3) is 9.70. The molecular formula is C30H48N2O3. The van der Waals surface area contributed by atoms with Crippen molar-refractivity contribution in [3.05, 3.63) is 40.6 Å². The highest BCUT2D eigenvalue weighted by molar-refractivity contribution is 5.93. The summed E-state index contributed by atoms with van der Waals surface area (Å²) in [5.41, 5.74) is 3.52. The first kappa shape index (κ1) is 28.9. The number of allylic oxidation sites excluding steroid dienone is 1. The minimum absolute atomic E-state index is 0.352. The number of hydrogen-bond acceptors (Lipinski definition) is 5. The Kier molecular flexibility index (Phi) is 14.2. The maximum absolute atomic E-state index is 12.6. The molecule has 0 aromatic heterocycles. The average molecular weight is 485 g/mol. The van der Waals surface area contributed by atoms with Gasteiger partial charge in [0.15, 0.2) is 0 Å². The van der Waals surface area contributed by atoms with Gasteiger partial charge < -0.3 is 14.8 Å². The number of ether oxygens (including phenoxy) is 2. The van der Waals surface area contributed by atoms with Crippen molar-refractivity contribution in [2.24, 2.45) is 4.99 Å². The Morgan fingerprint density at radius 1 is 0.914 bits per heavy atom. The summed E-state index contributed by atoms with van der Waals surface area (Å²) in [5, 5.41) is 3.06. The highest BCUT2D eigenvalue weighted by atomic mass is 16.5. The molecule has 1 aromatic carbocycles. The zero-order valence-corrected chi connectivity index (χ0v) is 22.7. The number of nitrogens with zero attached hydrogens (tertiary/aromatic N) is 1. The number of methoxy groups -OCH3 is 1. The maximum Gasteiger partial charge on any atom is 0.338 e. The molecule has 0 saturated heterocycles. The topological polar surface area (TPSA) is 59.9 Å². The van der Waals surface area contributed by atoms with Gasteiger partial charge >= 0.3 is 5.97 Å². The van der Waals surface area contributed by atoms with E-state index in [-0.39, 0.29) is 5.97 Å². The van der Waals surface area contributed by atoms with Crippen LogP contribution in [0, 0.1) is 0 Å². The van der Waals surface area contributed by atoms with Crippen LogP contribution in [-0.4, -0.2) is 26.0 Å². The molecule has 0 bridgehead atoms. The van der Waals surface area contributed by atoms with Crippen LogP contribution in [0.5, 0.6) is 5.75 Å². The van der Waals surface area contributed by atoms with Gasteiger partial charge in [-0.2, -0.15) is 0 Å². The van der Waals surface area contributed by atoms with Crippen LogP contribution in [0.15, 0.2) is 34.5 Å². The van der Waals surface area contributed by atoms with Crippen molar-refractivity contribution in [3.63, 3.8) is 0 Å². The molecule has 5 nitrogen and oxygen atoms in total. The summed E-state index contributed by atoms with van der Waals surface area (Å²) in [4.78, 5) is 17.2. The molecule has 1 N–H and O–H groups in total. The molecule has 1 unspecified atom stereocenters. The highest BCUT2D eigenvalue weighted by Crippen LogP contribution is 2.39. The molecule has 196 valence electrons. The van der Waals surface area contributed by atoms with Crippen molar-refractivity contribution in [3.8, 4) is 5.75 Å². The fraction of sp³-hybridized carbons (Fsp3) is 0.667. The molecule has 0 spiro atoms. The molecule has 1 aliphatic rings. The van der Waals surface area contributed by atoms with Crippen molar-refractivity contribution >= 4 is 12.3 Å². The molecule has 1 heterocycles. The van der Waals surface area contributed by atoms with E-state index in [4.69, 9.17) is 9.47 Å². The van der Waals surface area contributed by atoms with E-state index in [0.717, 1.165) is 29.9 Å². The molecule has 35 heavy (non-hydrogen) atoms. The fourth-order valence-corrected chi connectivity index (χ4v) is 4.89. The first-order chi connectivity index (χ1) is 17.1. The van der Waals surface area contributed by atoms with Gasteiger partial charge in [0.05, 0.1) is 25.6 Å². The Labute approximate surface area is 213 Å². The predicted octanol–water partition coefficient (Wildman–Crippen LogP) is 7.84. The van der Waals surface area contributed by atoms with E-state index in [0.29, 0.717) is 12.2 Å². The van der Waals surface area contributed by atoms with Crippen molar-refractivity contribution < 1.29 is 14.3 Å². The molecule has 0 saturated carbocycles. The molecule has 5 heteroatoms. The summed E-state index contributed by atoms with van der Waals surface area (Å²) in [6.45, 7) is 6.72. The normalized spacial score (nSPS) is 15.3. The number of esters is 1. The second kappa shape index (κ2) is 17.2. The lowest BCUT2D eigenvalue weighted by molar-refractivity contribution is -0.136. The predicted molar refractivity (Wildman–Crippen MR) is 146 cm³/mol. The van der Waals surface area contributed by atoms with Gasteiger partial charge in [0.1, 0.15) is 11.8 Å². The largest absolute Gasteiger partial charge is 0.493 e. The van der Waals surface area contributed by atoms with Gasteiger partial charge in [-0.1, -0.05) is 96.1 Å². The zero-order chi connectivity index (χ0) is 25.3. The van der Waals surface area contributed by atoms with Gasteiger partial charge in [-0.05, 0) is 38.3 Å². The molecule has 0 fully saturated rings. The zero-order valence-electron chi connectivity index (χ0n) is 22.7. The van der Waals surface area contributed by atoms with Crippen LogP contribution in [0.3, 0.4) is 0 Å². The number of aryl methyl sites for hydroxylation is 1. The standard InChI is InChI=1S/C30H48N2O3/c1-5-7-8-9-10-11-12-13-14-15-16-17-18-20-25-21-19-22-26(35-6-2)28(25)29-27(30(33)34-4)24(3)31-23-32-29/h19,21-23,29H,5-18,20H2,1-4H3,(H,31,32). The van der Waals surface area contributed by atoms with E-state index in [2.05, 4.69) is 23.3 Å². The van der Waals surface area contributed by atoms with Crippen molar-refractivity contribution in [1.29, 1.82) is 0 Å². The molecular weight excluding hydrogens is 436 g/mol. The fourth-order valence-electron chi connectivity index (χ4n) is 4.89. The van der Waals surface area contributed by atoms with Gasteiger partial charge in [-0.3, -0.25) is 4.99 Å².